The SMILES string of the molecule is [CH2]C(F)(F)CC(=C)C. The predicted molar refractivity (Wildman–Crippen MR) is 29.7 cm³/mol. The van der Waals surface area contributed by atoms with Crippen LogP contribution in [0.3, 0.4) is 0 Å². The van der Waals surface area contributed by atoms with Gasteiger partial charge >= 0.3 is 0 Å². The lowest BCUT2D eigenvalue weighted by molar-refractivity contribution is 0.0527. The summed E-state index contributed by atoms with van der Waals surface area (Å²) in [4.78, 5) is 0. The van der Waals surface area contributed by atoms with E-state index in [0.717, 1.165) is 0 Å². The molecule has 0 atom stereocenters. The fourth-order valence-electron chi connectivity index (χ4n) is 0.442. The van der Waals surface area contributed by atoms with Gasteiger partial charge in [-0.2, -0.15) is 0 Å². The van der Waals surface area contributed by atoms with E-state index in [9.17, 15) is 8.78 Å². The highest BCUT2D eigenvalue weighted by atomic mass is 19.3. The van der Waals surface area contributed by atoms with Crippen molar-refractivity contribution in [2.24, 2.45) is 0 Å². The zero-order valence-electron chi connectivity index (χ0n) is 4.88. The molecule has 0 aromatic carbocycles. The first-order chi connectivity index (χ1) is 3.42. The lowest BCUT2D eigenvalue weighted by Crippen LogP contribution is -2.09. The molecule has 0 spiro atoms. The molecule has 0 nitrogen and oxygen atoms in total. The van der Waals surface area contributed by atoms with Crippen LogP contribution in [0.1, 0.15) is 13.3 Å². The average molecular weight is 119 g/mol. The van der Waals surface area contributed by atoms with Crippen LogP contribution in [0.4, 0.5) is 8.78 Å². The van der Waals surface area contributed by atoms with Crippen LogP contribution in [0, 0.1) is 6.92 Å². The van der Waals surface area contributed by atoms with Gasteiger partial charge in [0.05, 0.1) is 0 Å². The first-order valence-electron chi connectivity index (χ1n) is 2.29. The summed E-state index contributed by atoms with van der Waals surface area (Å²) in [5, 5.41) is 0. The summed E-state index contributed by atoms with van der Waals surface area (Å²) in [6, 6.07) is 0. The second-order valence-corrected chi connectivity index (χ2v) is 1.99. The zero-order valence-corrected chi connectivity index (χ0v) is 4.88. The Labute approximate surface area is 48.2 Å². The van der Waals surface area contributed by atoms with Crippen molar-refractivity contribution in [1.82, 2.24) is 0 Å². The van der Waals surface area contributed by atoms with Crippen LogP contribution >= 0.6 is 0 Å². The molecule has 0 bridgehead atoms. The van der Waals surface area contributed by atoms with E-state index in [-0.39, 0.29) is 6.42 Å². The Morgan fingerprint density at radius 3 is 2.00 bits per heavy atom. The Morgan fingerprint density at radius 1 is 1.62 bits per heavy atom. The molecule has 0 aliphatic heterocycles. The van der Waals surface area contributed by atoms with E-state index in [2.05, 4.69) is 13.5 Å². The average Bonchev–Trinajstić information content (AvgIpc) is 1.21. The highest BCUT2D eigenvalue weighted by molar-refractivity contribution is 4.94. The lowest BCUT2D eigenvalue weighted by atomic mass is 10.2. The topological polar surface area (TPSA) is 0 Å². The van der Waals surface area contributed by atoms with Gasteiger partial charge in [-0.1, -0.05) is 12.2 Å². The second-order valence-electron chi connectivity index (χ2n) is 1.99. The Hall–Kier alpha value is -0.400. The molecule has 0 fully saturated rings. The summed E-state index contributed by atoms with van der Waals surface area (Å²) < 4.78 is 23.6. The quantitative estimate of drug-likeness (QED) is 0.490. The van der Waals surface area contributed by atoms with Crippen LogP contribution in [0.5, 0.6) is 0 Å². The largest absolute Gasteiger partial charge is 0.252 e. The molecule has 1 radical (unpaired) electrons. The third-order valence-electron chi connectivity index (χ3n) is 0.560. The molecule has 0 saturated carbocycles. The summed E-state index contributed by atoms with van der Waals surface area (Å²) in [6.07, 6.45) is -0.313. The number of rotatable bonds is 2. The summed E-state index contributed by atoms with van der Waals surface area (Å²) >= 11 is 0. The molecular weight excluding hydrogens is 110 g/mol. The van der Waals surface area contributed by atoms with Crippen LogP contribution in [0.2, 0.25) is 0 Å². The Balaban J connectivity index is 3.55. The number of alkyl halides is 2. The minimum absolute atomic E-state index is 0.313. The van der Waals surface area contributed by atoms with Gasteiger partial charge in [0.25, 0.3) is 5.92 Å². The first-order valence-corrected chi connectivity index (χ1v) is 2.29. The summed E-state index contributed by atoms with van der Waals surface area (Å²) in [6.45, 7) is 7.49. The van der Waals surface area contributed by atoms with Gasteiger partial charge in [-0.05, 0) is 6.92 Å². The van der Waals surface area contributed by atoms with Gasteiger partial charge in [0.1, 0.15) is 0 Å². The van der Waals surface area contributed by atoms with Crippen molar-refractivity contribution in [3.63, 3.8) is 0 Å². The van der Waals surface area contributed by atoms with Crippen LogP contribution < -0.4 is 0 Å². The summed E-state index contributed by atoms with van der Waals surface area (Å²) in [7, 11) is 0. The van der Waals surface area contributed by atoms with E-state index in [0.29, 0.717) is 5.57 Å². The van der Waals surface area contributed by atoms with Crippen molar-refractivity contribution in [2.45, 2.75) is 19.3 Å². The van der Waals surface area contributed by atoms with E-state index < -0.39 is 5.92 Å². The second kappa shape index (κ2) is 2.25. The molecule has 0 heterocycles. The minimum Gasteiger partial charge on any atom is -0.207 e. The van der Waals surface area contributed by atoms with E-state index >= 15 is 0 Å². The van der Waals surface area contributed by atoms with Crippen LogP contribution in [-0.4, -0.2) is 5.92 Å². The predicted octanol–water partition coefficient (Wildman–Crippen LogP) is 2.42. The van der Waals surface area contributed by atoms with E-state index in [1.807, 2.05) is 0 Å². The Kier molecular flexibility index (Phi) is 2.13. The van der Waals surface area contributed by atoms with Gasteiger partial charge in [-0.25, -0.2) is 8.78 Å². The lowest BCUT2D eigenvalue weighted by Gasteiger charge is -2.07. The van der Waals surface area contributed by atoms with Gasteiger partial charge in [0.2, 0.25) is 0 Å². The molecule has 0 aromatic rings. The number of hydrogen-bond acceptors (Lipinski definition) is 0. The molecule has 47 valence electrons. The smallest absolute Gasteiger partial charge is 0.207 e. The third kappa shape index (κ3) is 5.60. The molecule has 0 amide bonds. The van der Waals surface area contributed by atoms with E-state index in [1.54, 1.807) is 6.92 Å². The number of hydrogen-bond donors (Lipinski definition) is 0. The Morgan fingerprint density at radius 2 is 2.00 bits per heavy atom. The maximum atomic E-state index is 11.8. The van der Waals surface area contributed by atoms with Crippen LogP contribution in [0.15, 0.2) is 12.2 Å². The fourth-order valence-corrected chi connectivity index (χ4v) is 0.442. The number of allylic oxidation sites excluding steroid dienone is 1. The third-order valence-corrected chi connectivity index (χ3v) is 0.560. The molecule has 0 aromatic heterocycles. The monoisotopic (exact) mass is 119 g/mol. The van der Waals surface area contributed by atoms with Crippen molar-refractivity contribution in [2.75, 3.05) is 0 Å². The highest BCUT2D eigenvalue weighted by Crippen LogP contribution is 2.19. The molecule has 2 heteroatoms. The highest BCUT2D eigenvalue weighted by Gasteiger charge is 2.20. The van der Waals surface area contributed by atoms with Crippen molar-refractivity contribution in [1.29, 1.82) is 0 Å². The fraction of sp³-hybridized carbons (Fsp3) is 0.500. The first kappa shape index (κ1) is 7.60. The summed E-state index contributed by atoms with van der Waals surface area (Å²) in [5.41, 5.74) is 0.463. The van der Waals surface area contributed by atoms with Gasteiger partial charge in [-0.3, -0.25) is 0 Å². The van der Waals surface area contributed by atoms with Crippen LogP contribution in [0.25, 0.3) is 0 Å². The normalized spacial score (nSPS) is 11.5. The van der Waals surface area contributed by atoms with Crippen LogP contribution in [-0.2, 0) is 0 Å². The molecule has 0 aliphatic rings. The maximum Gasteiger partial charge on any atom is 0.252 e. The van der Waals surface area contributed by atoms with E-state index in [4.69, 9.17) is 0 Å². The zero-order chi connectivity index (χ0) is 6.78. The minimum atomic E-state index is -2.83. The standard InChI is InChI=1S/C6H9F2/c1-5(2)4-6(3,7)8/h1,3-4H2,2H3. The molecule has 0 unspecified atom stereocenters. The van der Waals surface area contributed by atoms with Gasteiger partial charge in [-0.15, -0.1) is 0 Å². The van der Waals surface area contributed by atoms with Gasteiger partial charge < -0.3 is 0 Å². The number of halogens is 2. The molecule has 0 N–H and O–H groups in total. The van der Waals surface area contributed by atoms with Crippen molar-refractivity contribution in [3.8, 4) is 0 Å². The molecular formula is C6H9F2. The molecule has 8 heavy (non-hydrogen) atoms. The summed E-state index contributed by atoms with van der Waals surface area (Å²) in [5.74, 6) is -2.83. The molecule has 0 rings (SSSR count). The molecule has 0 aliphatic carbocycles. The van der Waals surface area contributed by atoms with Crippen molar-refractivity contribution < 1.29 is 8.78 Å². The van der Waals surface area contributed by atoms with Gasteiger partial charge in [0.15, 0.2) is 0 Å². The van der Waals surface area contributed by atoms with Gasteiger partial charge in [0, 0.05) is 13.3 Å². The van der Waals surface area contributed by atoms with Crippen molar-refractivity contribution in [3.05, 3.63) is 19.1 Å². The van der Waals surface area contributed by atoms with E-state index in [1.165, 1.54) is 0 Å². The Bertz CT molecular complexity index is 89.2. The van der Waals surface area contributed by atoms with Crippen molar-refractivity contribution >= 4 is 0 Å². The maximum absolute atomic E-state index is 11.8. The molecule has 0 saturated heterocycles.